The van der Waals surface area contributed by atoms with Crippen LogP contribution in [0.3, 0.4) is 0 Å². The third-order valence-corrected chi connectivity index (χ3v) is 7.26. The Morgan fingerprint density at radius 3 is 2.31 bits per heavy atom. The van der Waals surface area contributed by atoms with E-state index in [1.807, 2.05) is 54.6 Å². The van der Waals surface area contributed by atoms with Gasteiger partial charge in [-0.05, 0) is 57.7 Å². The molecule has 0 unspecified atom stereocenters. The molecule has 29 heavy (non-hydrogen) atoms. The van der Waals surface area contributed by atoms with Gasteiger partial charge in [-0.15, -0.1) is 0 Å². The fourth-order valence-electron chi connectivity index (χ4n) is 2.85. The molecule has 0 aliphatic carbocycles. The van der Waals surface area contributed by atoms with E-state index in [0.717, 1.165) is 15.4 Å². The first-order valence-corrected chi connectivity index (χ1v) is 11.2. The van der Waals surface area contributed by atoms with Gasteiger partial charge in [-0.3, -0.25) is 4.79 Å². The number of amides is 1. The Hall–Kier alpha value is -2.48. The van der Waals surface area contributed by atoms with E-state index in [1.54, 1.807) is 12.1 Å². The lowest BCUT2D eigenvalue weighted by molar-refractivity contribution is 0.102. The largest absolute Gasteiger partial charge is 0.322 e. The van der Waals surface area contributed by atoms with E-state index in [-0.39, 0.29) is 16.4 Å². The Kier molecular flexibility index (Phi) is 6.52. The van der Waals surface area contributed by atoms with Crippen LogP contribution in [0.4, 0.5) is 5.69 Å². The van der Waals surface area contributed by atoms with Gasteiger partial charge in [0.2, 0.25) is 10.0 Å². The van der Waals surface area contributed by atoms with Gasteiger partial charge >= 0.3 is 0 Å². The summed E-state index contributed by atoms with van der Waals surface area (Å²) < 4.78 is 26.5. The number of para-hydroxylation sites is 1. The summed E-state index contributed by atoms with van der Waals surface area (Å²) in [6, 6.07) is 22.1. The van der Waals surface area contributed by atoms with Crippen molar-refractivity contribution in [3.05, 3.63) is 94.0 Å². The van der Waals surface area contributed by atoms with Crippen LogP contribution >= 0.6 is 15.9 Å². The number of nitrogens with one attached hydrogen (secondary N) is 1. The molecule has 3 aromatic rings. The first-order chi connectivity index (χ1) is 13.8. The molecule has 0 saturated carbocycles. The fourth-order valence-corrected chi connectivity index (χ4v) is 4.69. The van der Waals surface area contributed by atoms with Crippen molar-refractivity contribution in [2.45, 2.75) is 11.3 Å². The van der Waals surface area contributed by atoms with Gasteiger partial charge in [-0.1, -0.05) is 48.5 Å². The van der Waals surface area contributed by atoms with Crippen LogP contribution in [0.1, 0.15) is 21.5 Å². The number of carbonyl (C=O) groups excluding carboxylic acids is 1. The zero-order chi connectivity index (χ0) is 21.0. The summed E-state index contributed by atoms with van der Waals surface area (Å²) >= 11 is 3.26. The summed E-state index contributed by atoms with van der Waals surface area (Å²) in [6.45, 7) is 0. The SMILES string of the molecule is CN(C)S(=O)(=O)c1cc(C(=O)Nc2ccccc2Cc2ccccc2)ccc1Br. The van der Waals surface area contributed by atoms with Crippen LogP contribution in [-0.4, -0.2) is 32.7 Å². The van der Waals surface area contributed by atoms with Gasteiger partial charge in [0.05, 0.1) is 4.90 Å². The highest BCUT2D eigenvalue weighted by molar-refractivity contribution is 9.10. The molecule has 3 rings (SSSR count). The van der Waals surface area contributed by atoms with Crippen LogP contribution in [0.25, 0.3) is 0 Å². The Labute approximate surface area is 179 Å². The molecule has 1 N–H and O–H groups in total. The van der Waals surface area contributed by atoms with E-state index in [9.17, 15) is 13.2 Å². The molecule has 3 aromatic carbocycles. The number of nitrogens with zero attached hydrogens (tertiary/aromatic N) is 1. The molecule has 0 bridgehead atoms. The van der Waals surface area contributed by atoms with Gasteiger partial charge in [0.15, 0.2) is 0 Å². The second-order valence-corrected chi connectivity index (χ2v) is 9.68. The smallest absolute Gasteiger partial charge is 0.255 e. The van der Waals surface area contributed by atoms with Crippen molar-refractivity contribution < 1.29 is 13.2 Å². The van der Waals surface area contributed by atoms with Gasteiger partial charge in [0, 0.05) is 29.8 Å². The van der Waals surface area contributed by atoms with Crippen molar-refractivity contribution in [2.24, 2.45) is 0 Å². The van der Waals surface area contributed by atoms with Gasteiger partial charge < -0.3 is 5.32 Å². The summed E-state index contributed by atoms with van der Waals surface area (Å²) in [6.07, 6.45) is 0.678. The lowest BCUT2D eigenvalue weighted by Crippen LogP contribution is -2.23. The molecule has 0 spiro atoms. The van der Waals surface area contributed by atoms with Crippen molar-refractivity contribution in [3.63, 3.8) is 0 Å². The van der Waals surface area contributed by atoms with E-state index in [4.69, 9.17) is 0 Å². The second kappa shape index (κ2) is 8.90. The monoisotopic (exact) mass is 472 g/mol. The summed E-state index contributed by atoms with van der Waals surface area (Å²) in [4.78, 5) is 12.9. The average Bonchev–Trinajstić information content (AvgIpc) is 2.70. The molecule has 0 aromatic heterocycles. The van der Waals surface area contributed by atoms with Crippen LogP contribution in [0.5, 0.6) is 0 Å². The molecular formula is C22H21BrN2O3S. The number of hydrogen-bond acceptors (Lipinski definition) is 3. The first kappa shape index (κ1) is 21.2. The molecule has 5 nitrogen and oxygen atoms in total. The lowest BCUT2D eigenvalue weighted by Gasteiger charge is -2.15. The Morgan fingerprint density at radius 1 is 0.966 bits per heavy atom. The minimum Gasteiger partial charge on any atom is -0.322 e. The quantitative estimate of drug-likeness (QED) is 0.572. The minimum absolute atomic E-state index is 0.0488. The molecule has 1 amide bonds. The van der Waals surface area contributed by atoms with Gasteiger partial charge in [0.1, 0.15) is 0 Å². The molecule has 0 aliphatic heterocycles. The van der Waals surface area contributed by atoms with E-state index in [1.165, 1.54) is 20.2 Å². The Morgan fingerprint density at radius 2 is 1.62 bits per heavy atom. The van der Waals surface area contributed by atoms with Gasteiger partial charge in [-0.25, -0.2) is 12.7 Å². The van der Waals surface area contributed by atoms with Crippen LogP contribution in [-0.2, 0) is 16.4 Å². The van der Waals surface area contributed by atoms with E-state index in [0.29, 0.717) is 16.6 Å². The van der Waals surface area contributed by atoms with Crippen molar-refractivity contribution in [2.75, 3.05) is 19.4 Å². The van der Waals surface area contributed by atoms with Crippen LogP contribution in [0.2, 0.25) is 0 Å². The Bertz CT molecular complexity index is 1130. The number of rotatable bonds is 6. The normalized spacial score (nSPS) is 11.4. The first-order valence-electron chi connectivity index (χ1n) is 8.94. The lowest BCUT2D eigenvalue weighted by atomic mass is 10.0. The third kappa shape index (κ3) is 4.93. The predicted molar refractivity (Wildman–Crippen MR) is 119 cm³/mol. The maximum Gasteiger partial charge on any atom is 0.255 e. The predicted octanol–water partition coefficient (Wildman–Crippen LogP) is 4.54. The molecule has 0 saturated heterocycles. The van der Waals surface area contributed by atoms with E-state index >= 15 is 0 Å². The second-order valence-electron chi connectivity index (χ2n) is 6.71. The summed E-state index contributed by atoms with van der Waals surface area (Å²) in [7, 11) is -0.773. The van der Waals surface area contributed by atoms with E-state index in [2.05, 4.69) is 21.2 Å². The number of benzene rings is 3. The van der Waals surface area contributed by atoms with Crippen LogP contribution < -0.4 is 5.32 Å². The molecule has 150 valence electrons. The van der Waals surface area contributed by atoms with E-state index < -0.39 is 10.0 Å². The number of hydrogen-bond donors (Lipinski definition) is 1. The number of sulfonamides is 1. The van der Waals surface area contributed by atoms with Crippen LogP contribution in [0.15, 0.2) is 82.2 Å². The standard InChI is InChI=1S/C22H21BrN2O3S/c1-25(2)29(27,28)21-15-18(12-13-19(21)23)22(26)24-20-11-7-6-10-17(20)14-16-8-4-3-5-9-16/h3-13,15H,14H2,1-2H3,(H,24,26). The molecule has 0 atom stereocenters. The maximum atomic E-state index is 12.8. The molecule has 0 aliphatic rings. The summed E-state index contributed by atoms with van der Waals surface area (Å²) in [5.74, 6) is -0.367. The maximum absolute atomic E-state index is 12.8. The third-order valence-electron chi connectivity index (χ3n) is 4.45. The van der Waals surface area contributed by atoms with Gasteiger partial charge in [0.25, 0.3) is 5.91 Å². The molecular weight excluding hydrogens is 452 g/mol. The van der Waals surface area contributed by atoms with Gasteiger partial charge in [-0.2, -0.15) is 0 Å². The topological polar surface area (TPSA) is 66.5 Å². The Balaban J connectivity index is 1.88. The molecule has 7 heteroatoms. The molecule has 0 fully saturated rings. The highest BCUT2D eigenvalue weighted by Crippen LogP contribution is 2.26. The number of anilines is 1. The number of carbonyl (C=O) groups is 1. The van der Waals surface area contributed by atoms with Crippen molar-refractivity contribution in [1.82, 2.24) is 4.31 Å². The highest BCUT2D eigenvalue weighted by atomic mass is 79.9. The number of halogens is 1. The molecule has 0 radical (unpaired) electrons. The fraction of sp³-hybridized carbons (Fsp3) is 0.136. The average molecular weight is 473 g/mol. The van der Waals surface area contributed by atoms with Crippen molar-refractivity contribution in [1.29, 1.82) is 0 Å². The summed E-state index contributed by atoms with van der Waals surface area (Å²) in [5.41, 5.74) is 3.08. The molecule has 0 heterocycles. The summed E-state index contributed by atoms with van der Waals surface area (Å²) in [5, 5.41) is 2.91. The van der Waals surface area contributed by atoms with Crippen molar-refractivity contribution >= 4 is 37.5 Å². The zero-order valence-electron chi connectivity index (χ0n) is 16.1. The van der Waals surface area contributed by atoms with Crippen LogP contribution in [0, 0.1) is 0 Å². The van der Waals surface area contributed by atoms with Crippen molar-refractivity contribution in [3.8, 4) is 0 Å². The zero-order valence-corrected chi connectivity index (χ0v) is 18.5. The minimum atomic E-state index is -3.68. The highest BCUT2D eigenvalue weighted by Gasteiger charge is 2.22.